The van der Waals surface area contributed by atoms with E-state index in [1.54, 1.807) is 0 Å². The van der Waals surface area contributed by atoms with Crippen molar-refractivity contribution in [3.8, 4) is 0 Å². The van der Waals surface area contributed by atoms with Gasteiger partial charge in [-0.05, 0) is 56.9 Å². The molecule has 6 heteroatoms. The van der Waals surface area contributed by atoms with Crippen LogP contribution in [-0.4, -0.2) is 71.8 Å². The zero-order chi connectivity index (χ0) is 18.7. The lowest BCUT2D eigenvalue weighted by Crippen LogP contribution is -2.56. The molecule has 0 bridgehead atoms. The number of hydrogen-bond acceptors (Lipinski definition) is 3. The number of piperidine rings is 1. The van der Waals surface area contributed by atoms with E-state index in [4.69, 9.17) is 0 Å². The van der Waals surface area contributed by atoms with Gasteiger partial charge in [-0.1, -0.05) is 15.9 Å². The summed E-state index contributed by atoms with van der Waals surface area (Å²) in [4.78, 5) is 31.7. The van der Waals surface area contributed by atoms with Gasteiger partial charge < -0.3 is 9.80 Å². The van der Waals surface area contributed by atoms with Crippen LogP contribution in [0.4, 0.5) is 0 Å². The van der Waals surface area contributed by atoms with Crippen LogP contribution in [0.1, 0.15) is 42.1 Å². The van der Waals surface area contributed by atoms with Gasteiger partial charge in [-0.15, -0.1) is 0 Å². The van der Waals surface area contributed by atoms with Crippen LogP contribution >= 0.6 is 15.9 Å². The second-order valence-corrected chi connectivity index (χ2v) is 8.27. The van der Waals surface area contributed by atoms with Crippen molar-refractivity contribution >= 4 is 27.7 Å². The molecule has 2 amide bonds. The molecule has 0 saturated carbocycles. The normalized spacial score (nSPS) is 20.1. The first-order chi connectivity index (χ1) is 12.5. The Hall–Kier alpha value is -1.40. The Morgan fingerprint density at radius 3 is 2.23 bits per heavy atom. The molecular weight excluding hydrogens is 394 g/mol. The molecule has 1 unspecified atom stereocenters. The smallest absolute Gasteiger partial charge is 0.254 e. The SMILES string of the molecule is Cc1cc(Br)ccc1C(=O)N1CCN(C(C)C(=O)N2CCCCC2)CC1. The molecule has 0 aliphatic carbocycles. The fraction of sp³-hybridized carbons (Fsp3) is 0.600. The van der Waals surface area contributed by atoms with Crippen LogP contribution in [0, 0.1) is 6.92 Å². The lowest BCUT2D eigenvalue weighted by Gasteiger charge is -2.39. The molecule has 0 radical (unpaired) electrons. The molecule has 0 aromatic heterocycles. The maximum Gasteiger partial charge on any atom is 0.254 e. The third kappa shape index (κ3) is 4.29. The van der Waals surface area contributed by atoms with Gasteiger partial charge in [0.1, 0.15) is 0 Å². The zero-order valence-corrected chi connectivity index (χ0v) is 17.3. The van der Waals surface area contributed by atoms with E-state index in [9.17, 15) is 9.59 Å². The summed E-state index contributed by atoms with van der Waals surface area (Å²) in [5.74, 6) is 0.331. The largest absolute Gasteiger partial charge is 0.341 e. The number of hydrogen-bond donors (Lipinski definition) is 0. The second kappa shape index (κ2) is 8.53. The van der Waals surface area contributed by atoms with E-state index in [0.717, 1.165) is 54.6 Å². The fourth-order valence-corrected chi connectivity index (χ4v) is 4.36. The van der Waals surface area contributed by atoms with E-state index in [-0.39, 0.29) is 17.9 Å². The first kappa shape index (κ1) is 19.4. The monoisotopic (exact) mass is 421 g/mol. The fourth-order valence-electron chi connectivity index (χ4n) is 3.88. The van der Waals surface area contributed by atoms with Crippen molar-refractivity contribution in [2.75, 3.05) is 39.3 Å². The molecule has 142 valence electrons. The summed E-state index contributed by atoms with van der Waals surface area (Å²) in [7, 11) is 0. The van der Waals surface area contributed by atoms with Crippen LogP contribution in [0.5, 0.6) is 0 Å². The summed E-state index contributed by atoms with van der Waals surface area (Å²) in [5, 5.41) is 0. The maximum atomic E-state index is 12.8. The topological polar surface area (TPSA) is 43.9 Å². The van der Waals surface area contributed by atoms with E-state index in [0.29, 0.717) is 13.1 Å². The lowest BCUT2D eigenvalue weighted by atomic mass is 10.1. The molecule has 2 aliphatic heterocycles. The molecule has 2 fully saturated rings. The summed E-state index contributed by atoms with van der Waals surface area (Å²) in [6, 6.07) is 5.68. The summed E-state index contributed by atoms with van der Waals surface area (Å²) in [6.07, 6.45) is 3.47. The maximum absolute atomic E-state index is 12.8. The highest BCUT2D eigenvalue weighted by Gasteiger charge is 2.30. The average molecular weight is 422 g/mol. The molecule has 1 aromatic carbocycles. The molecule has 2 heterocycles. The second-order valence-electron chi connectivity index (χ2n) is 7.35. The van der Waals surface area contributed by atoms with Crippen molar-refractivity contribution in [1.29, 1.82) is 0 Å². The summed E-state index contributed by atoms with van der Waals surface area (Å²) < 4.78 is 0.987. The molecule has 3 rings (SSSR count). The molecule has 1 aromatic rings. The quantitative estimate of drug-likeness (QED) is 0.753. The minimum Gasteiger partial charge on any atom is -0.341 e. The number of rotatable bonds is 3. The Morgan fingerprint density at radius 2 is 1.62 bits per heavy atom. The van der Waals surface area contributed by atoms with Crippen LogP contribution in [-0.2, 0) is 4.79 Å². The van der Waals surface area contributed by atoms with Crippen molar-refractivity contribution in [3.05, 3.63) is 33.8 Å². The lowest BCUT2D eigenvalue weighted by molar-refractivity contribution is -0.137. The number of halogens is 1. The number of aryl methyl sites for hydroxylation is 1. The van der Waals surface area contributed by atoms with E-state index < -0.39 is 0 Å². The molecule has 5 nitrogen and oxygen atoms in total. The van der Waals surface area contributed by atoms with E-state index in [2.05, 4.69) is 20.8 Å². The van der Waals surface area contributed by atoms with Crippen LogP contribution in [0.25, 0.3) is 0 Å². The standard InChI is InChI=1S/C20H28BrN3O2/c1-15-14-17(21)6-7-18(15)20(26)24-12-10-22(11-13-24)16(2)19(25)23-8-4-3-5-9-23/h6-7,14,16H,3-5,8-13H2,1-2H3. The van der Waals surface area contributed by atoms with Crippen LogP contribution in [0.3, 0.4) is 0 Å². The van der Waals surface area contributed by atoms with E-state index in [1.165, 1.54) is 6.42 Å². The van der Waals surface area contributed by atoms with Gasteiger partial charge in [0.05, 0.1) is 6.04 Å². The first-order valence-corrected chi connectivity index (χ1v) is 10.3. The molecule has 0 spiro atoms. The third-order valence-corrected chi connectivity index (χ3v) is 6.09. The zero-order valence-electron chi connectivity index (χ0n) is 15.7. The molecule has 1 atom stereocenters. The molecule has 0 N–H and O–H groups in total. The number of carbonyl (C=O) groups excluding carboxylic acids is 2. The average Bonchev–Trinajstić information content (AvgIpc) is 2.67. The summed E-state index contributed by atoms with van der Waals surface area (Å²) >= 11 is 3.44. The van der Waals surface area contributed by atoms with Crippen LogP contribution in [0.2, 0.25) is 0 Å². The van der Waals surface area contributed by atoms with Gasteiger partial charge >= 0.3 is 0 Å². The predicted molar refractivity (Wildman–Crippen MR) is 106 cm³/mol. The number of piperazine rings is 1. The highest BCUT2D eigenvalue weighted by Crippen LogP contribution is 2.19. The Bertz CT molecular complexity index is 665. The predicted octanol–water partition coefficient (Wildman–Crippen LogP) is 2.92. The van der Waals surface area contributed by atoms with Crippen molar-refractivity contribution in [2.24, 2.45) is 0 Å². The first-order valence-electron chi connectivity index (χ1n) is 9.55. The van der Waals surface area contributed by atoms with Gasteiger partial charge in [0.15, 0.2) is 0 Å². The van der Waals surface area contributed by atoms with Crippen molar-refractivity contribution in [3.63, 3.8) is 0 Å². The summed E-state index contributed by atoms with van der Waals surface area (Å²) in [6.45, 7) is 8.61. The Labute approximate surface area is 164 Å². The number of nitrogens with zero attached hydrogens (tertiary/aromatic N) is 3. The van der Waals surface area contributed by atoms with Gasteiger partial charge in [0.25, 0.3) is 5.91 Å². The molecule has 2 saturated heterocycles. The van der Waals surface area contributed by atoms with Crippen LogP contribution in [0.15, 0.2) is 22.7 Å². The van der Waals surface area contributed by atoms with Crippen LogP contribution < -0.4 is 0 Å². The van der Waals surface area contributed by atoms with Gasteiger partial charge in [-0.2, -0.15) is 0 Å². The number of carbonyl (C=O) groups is 2. The number of amides is 2. The Kier molecular flexibility index (Phi) is 6.35. The summed E-state index contributed by atoms with van der Waals surface area (Å²) in [5.41, 5.74) is 1.75. The third-order valence-electron chi connectivity index (χ3n) is 5.59. The van der Waals surface area contributed by atoms with Gasteiger partial charge in [0, 0.05) is 49.3 Å². The van der Waals surface area contributed by atoms with Gasteiger partial charge in [-0.25, -0.2) is 0 Å². The van der Waals surface area contributed by atoms with Crippen molar-refractivity contribution < 1.29 is 9.59 Å². The van der Waals surface area contributed by atoms with E-state index in [1.807, 2.05) is 41.8 Å². The van der Waals surface area contributed by atoms with Gasteiger partial charge in [0.2, 0.25) is 5.91 Å². The van der Waals surface area contributed by atoms with Crippen molar-refractivity contribution in [1.82, 2.24) is 14.7 Å². The number of likely N-dealkylation sites (tertiary alicyclic amines) is 1. The van der Waals surface area contributed by atoms with Crippen molar-refractivity contribution in [2.45, 2.75) is 39.2 Å². The molecule has 2 aliphatic rings. The highest BCUT2D eigenvalue weighted by atomic mass is 79.9. The highest BCUT2D eigenvalue weighted by molar-refractivity contribution is 9.10. The van der Waals surface area contributed by atoms with Gasteiger partial charge in [-0.3, -0.25) is 14.5 Å². The minimum atomic E-state index is -0.0974. The minimum absolute atomic E-state index is 0.0876. The Balaban J connectivity index is 1.56. The molecule has 26 heavy (non-hydrogen) atoms. The number of benzene rings is 1. The Morgan fingerprint density at radius 1 is 0.962 bits per heavy atom. The molecular formula is C20H28BrN3O2. The van der Waals surface area contributed by atoms with E-state index >= 15 is 0 Å².